The van der Waals surface area contributed by atoms with Gasteiger partial charge in [-0.25, -0.2) is 9.59 Å². The van der Waals surface area contributed by atoms with Gasteiger partial charge in [-0.2, -0.15) is 0 Å². The van der Waals surface area contributed by atoms with Gasteiger partial charge in [0.15, 0.2) is 0 Å². The van der Waals surface area contributed by atoms with Crippen molar-refractivity contribution >= 4 is 22.7 Å². The van der Waals surface area contributed by atoms with Crippen LogP contribution in [0.5, 0.6) is 11.5 Å². The first-order valence-electron chi connectivity index (χ1n) is 9.84. The zero-order valence-electron chi connectivity index (χ0n) is 17.2. The average Bonchev–Trinajstić information content (AvgIpc) is 2.70. The lowest BCUT2D eigenvalue weighted by molar-refractivity contribution is -0.131. The van der Waals surface area contributed by atoms with Crippen molar-refractivity contribution in [2.75, 3.05) is 0 Å². The van der Waals surface area contributed by atoms with Gasteiger partial charge in [0.05, 0.1) is 0 Å². The molecular formula is C25H26O4. The average molecular weight is 390 g/mol. The Morgan fingerprint density at radius 3 is 2.10 bits per heavy atom. The summed E-state index contributed by atoms with van der Waals surface area (Å²) in [6.45, 7) is 12.8. The fraction of sp³-hybridized carbons (Fsp3) is 0.280. The van der Waals surface area contributed by atoms with E-state index in [1.807, 2.05) is 24.3 Å². The van der Waals surface area contributed by atoms with E-state index < -0.39 is 11.9 Å². The highest BCUT2D eigenvalue weighted by Gasteiger charge is 2.29. The lowest BCUT2D eigenvalue weighted by Crippen LogP contribution is -2.17. The maximum absolute atomic E-state index is 12.4. The van der Waals surface area contributed by atoms with E-state index in [2.05, 4.69) is 32.2 Å². The van der Waals surface area contributed by atoms with Gasteiger partial charge in [-0.05, 0) is 26.7 Å². The predicted octanol–water partition coefficient (Wildman–Crippen LogP) is 5.80. The van der Waals surface area contributed by atoms with E-state index in [9.17, 15) is 9.59 Å². The monoisotopic (exact) mass is 390 g/mol. The molecule has 4 heteroatoms. The minimum atomic E-state index is -0.467. The molecule has 0 spiro atoms. The van der Waals surface area contributed by atoms with Gasteiger partial charge in [0.2, 0.25) is 0 Å². The third-order valence-corrected chi connectivity index (χ3v) is 5.01. The Kier molecular flexibility index (Phi) is 6.02. The molecule has 0 amide bonds. The van der Waals surface area contributed by atoms with Crippen LogP contribution >= 0.6 is 0 Å². The highest BCUT2D eigenvalue weighted by atomic mass is 16.5. The predicted molar refractivity (Wildman–Crippen MR) is 115 cm³/mol. The number of hydrogen-bond donors (Lipinski definition) is 0. The summed E-state index contributed by atoms with van der Waals surface area (Å²) in [6, 6.07) is 7.52. The van der Waals surface area contributed by atoms with Crippen LogP contribution in [0, 0.1) is 0 Å². The van der Waals surface area contributed by atoms with Crippen LogP contribution in [0.4, 0.5) is 0 Å². The van der Waals surface area contributed by atoms with Gasteiger partial charge in [-0.15, -0.1) is 0 Å². The second-order valence-electron chi connectivity index (χ2n) is 7.46. The largest absolute Gasteiger partial charge is 0.422 e. The van der Waals surface area contributed by atoms with Gasteiger partial charge in [0, 0.05) is 39.0 Å². The van der Waals surface area contributed by atoms with Crippen molar-refractivity contribution in [3.05, 3.63) is 71.8 Å². The molecule has 1 aliphatic rings. The van der Waals surface area contributed by atoms with Gasteiger partial charge in [-0.3, -0.25) is 0 Å². The summed E-state index contributed by atoms with van der Waals surface area (Å²) in [5.74, 6) is 0.189. The lowest BCUT2D eigenvalue weighted by atomic mass is 9.82. The summed E-state index contributed by atoms with van der Waals surface area (Å²) < 4.78 is 11.6. The van der Waals surface area contributed by atoms with E-state index in [-0.39, 0.29) is 5.92 Å². The Balaban J connectivity index is 2.33. The van der Waals surface area contributed by atoms with Gasteiger partial charge in [0.1, 0.15) is 11.5 Å². The molecule has 4 nitrogen and oxygen atoms in total. The second kappa shape index (κ2) is 8.48. The van der Waals surface area contributed by atoms with E-state index in [0.29, 0.717) is 29.1 Å². The summed E-state index contributed by atoms with van der Waals surface area (Å²) in [4.78, 5) is 24.8. The fourth-order valence-corrected chi connectivity index (χ4v) is 3.63. The van der Waals surface area contributed by atoms with Crippen LogP contribution in [0.3, 0.4) is 0 Å². The Hall–Kier alpha value is -3.14. The first kappa shape index (κ1) is 20.6. The van der Waals surface area contributed by atoms with E-state index in [4.69, 9.17) is 9.47 Å². The molecule has 0 saturated heterocycles. The van der Waals surface area contributed by atoms with Crippen molar-refractivity contribution in [2.24, 2.45) is 0 Å². The van der Waals surface area contributed by atoms with Crippen LogP contribution in [-0.4, -0.2) is 11.9 Å². The third kappa shape index (κ3) is 4.02. The van der Waals surface area contributed by atoms with Crippen molar-refractivity contribution in [1.29, 1.82) is 0 Å². The SMILES string of the molecule is C=C(C)C(=O)Oc1c2c(c(OC(=O)C(=C)C)c3ccccc13)C(CCC)C=CC2. The number of carbonyl (C=O) groups is 2. The van der Waals surface area contributed by atoms with Gasteiger partial charge in [0.25, 0.3) is 0 Å². The topological polar surface area (TPSA) is 52.6 Å². The van der Waals surface area contributed by atoms with Gasteiger partial charge < -0.3 is 9.47 Å². The minimum Gasteiger partial charge on any atom is -0.422 e. The molecule has 1 aliphatic carbocycles. The van der Waals surface area contributed by atoms with Crippen molar-refractivity contribution < 1.29 is 19.1 Å². The summed E-state index contributed by atoms with van der Waals surface area (Å²) in [5.41, 5.74) is 2.45. The van der Waals surface area contributed by atoms with Crippen LogP contribution in [0.2, 0.25) is 0 Å². The number of allylic oxidation sites excluding steroid dienone is 2. The molecule has 0 aromatic heterocycles. The summed E-state index contributed by atoms with van der Waals surface area (Å²) in [7, 11) is 0. The summed E-state index contributed by atoms with van der Waals surface area (Å²) in [6.07, 6.45) is 6.68. The maximum atomic E-state index is 12.4. The molecule has 2 aromatic rings. The second-order valence-corrected chi connectivity index (χ2v) is 7.46. The summed E-state index contributed by atoms with van der Waals surface area (Å²) in [5, 5.41) is 1.47. The number of rotatable bonds is 6. The first-order valence-corrected chi connectivity index (χ1v) is 9.84. The molecule has 150 valence electrons. The minimum absolute atomic E-state index is 0.0727. The Labute approximate surface area is 171 Å². The van der Waals surface area contributed by atoms with Crippen LogP contribution in [0.25, 0.3) is 10.8 Å². The third-order valence-electron chi connectivity index (χ3n) is 5.01. The van der Waals surface area contributed by atoms with Crippen molar-refractivity contribution in [1.82, 2.24) is 0 Å². The molecule has 0 saturated carbocycles. The molecule has 0 heterocycles. The summed E-state index contributed by atoms with van der Waals surface area (Å²) >= 11 is 0. The maximum Gasteiger partial charge on any atom is 0.338 e. The molecule has 0 N–H and O–H groups in total. The van der Waals surface area contributed by atoms with E-state index in [0.717, 1.165) is 34.7 Å². The van der Waals surface area contributed by atoms with E-state index in [1.54, 1.807) is 13.8 Å². The quantitative estimate of drug-likeness (QED) is 0.271. The smallest absolute Gasteiger partial charge is 0.338 e. The van der Waals surface area contributed by atoms with Crippen LogP contribution in [0.15, 0.2) is 60.7 Å². The number of ether oxygens (including phenoxy) is 2. The van der Waals surface area contributed by atoms with Crippen LogP contribution in [0.1, 0.15) is 50.7 Å². The number of benzene rings is 2. The number of hydrogen-bond acceptors (Lipinski definition) is 4. The number of esters is 2. The molecular weight excluding hydrogens is 364 g/mol. The van der Waals surface area contributed by atoms with Crippen LogP contribution in [-0.2, 0) is 16.0 Å². The molecule has 1 unspecified atom stereocenters. The molecule has 29 heavy (non-hydrogen) atoms. The van der Waals surface area contributed by atoms with Crippen LogP contribution < -0.4 is 9.47 Å². The fourth-order valence-electron chi connectivity index (χ4n) is 3.63. The molecule has 0 bridgehead atoms. The Morgan fingerprint density at radius 1 is 1.00 bits per heavy atom. The van der Waals surface area contributed by atoms with Gasteiger partial charge in [-0.1, -0.05) is 62.9 Å². The standard InChI is InChI=1S/C25H26O4/c1-6-10-17-11-9-14-20-21(17)23(29-25(27)16(4)5)19-13-8-7-12-18(19)22(20)28-24(26)15(2)3/h7-9,11-13,17H,2,4,6,10,14H2,1,3,5H3. The zero-order valence-corrected chi connectivity index (χ0v) is 17.2. The first-order chi connectivity index (χ1) is 13.8. The molecule has 3 rings (SSSR count). The number of fused-ring (bicyclic) bond motifs is 2. The Morgan fingerprint density at radius 2 is 1.55 bits per heavy atom. The number of carbonyl (C=O) groups excluding carboxylic acids is 2. The zero-order chi connectivity index (χ0) is 21.1. The van der Waals surface area contributed by atoms with E-state index in [1.165, 1.54) is 0 Å². The lowest BCUT2D eigenvalue weighted by Gasteiger charge is -2.27. The molecule has 0 radical (unpaired) electrons. The molecule has 1 atom stereocenters. The molecule has 0 fully saturated rings. The highest BCUT2D eigenvalue weighted by molar-refractivity contribution is 6.01. The van der Waals surface area contributed by atoms with Crippen molar-refractivity contribution in [3.63, 3.8) is 0 Å². The normalized spacial score (nSPS) is 14.9. The molecule has 2 aromatic carbocycles. The molecule has 0 aliphatic heterocycles. The van der Waals surface area contributed by atoms with Gasteiger partial charge >= 0.3 is 11.9 Å². The highest BCUT2D eigenvalue weighted by Crippen LogP contribution is 2.48. The van der Waals surface area contributed by atoms with Crippen molar-refractivity contribution in [2.45, 2.75) is 46.0 Å². The van der Waals surface area contributed by atoms with Crippen molar-refractivity contribution in [3.8, 4) is 11.5 Å². The Bertz CT molecular complexity index is 1040. The van der Waals surface area contributed by atoms with E-state index >= 15 is 0 Å².